The van der Waals surface area contributed by atoms with E-state index in [1.807, 2.05) is 18.2 Å². The molecule has 0 aliphatic carbocycles. The van der Waals surface area contributed by atoms with Gasteiger partial charge in [0.1, 0.15) is 5.82 Å². The van der Waals surface area contributed by atoms with E-state index in [-0.39, 0.29) is 0 Å². The van der Waals surface area contributed by atoms with Crippen molar-refractivity contribution in [1.29, 1.82) is 0 Å². The van der Waals surface area contributed by atoms with Crippen LogP contribution in [0.15, 0.2) is 41.9 Å². The molecule has 0 fully saturated rings. The van der Waals surface area contributed by atoms with Gasteiger partial charge in [-0.05, 0) is 23.6 Å². The van der Waals surface area contributed by atoms with E-state index in [0.29, 0.717) is 0 Å². The number of anilines is 1. The second-order valence-corrected chi connectivity index (χ2v) is 3.68. The van der Waals surface area contributed by atoms with Gasteiger partial charge in [0, 0.05) is 11.1 Å². The second-order valence-electron chi connectivity index (χ2n) is 2.65. The first kappa shape index (κ1) is 8.26. The molecule has 2 aromatic heterocycles. The Morgan fingerprint density at radius 1 is 1.23 bits per heavy atom. The maximum Gasteiger partial charge on any atom is 0.126 e. The molecule has 0 aliphatic heterocycles. The average Bonchev–Trinajstić information content (AvgIpc) is 2.69. The highest BCUT2D eigenvalue weighted by Gasteiger charge is 1.93. The van der Waals surface area contributed by atoms with Crippen LogP contribution in [0.25, 0.3) is 0 Å². The summed E-state index contributed by atoms with van der Waals surface area (Å²) < 4.78 is 0. The van der Waals surface area contributed by atoms with Crippen molar-refractivity contribution < 1.29 is 0 Å². The molecule has 2 nitrogen and oxygen atoms in total. The van der Waals surface area contributed by atoms with Crippen LogP contribution in [0.2, 0.25) is 0 Å². The normalized spacial score (nSPS) is 9.85. The van der Waals surface area contributed by atoms with Crippen LogP contribution in [0.1, 0.15) is 4.88 Å². The minimum absolute atomic E-state index is 0.856. The molecule has 1 N–H and O–H groups in total. The highest BCUT2D eigenvalue weighted by molar-refractivity contribution is 7.09. The molecule has 0 bridgehead atoms. The molecular formula is C10H10N2S. The van der Waals surface area contributed by atoms with Crippen LogP contribution in [0.5, 0.6) is 0 Å². The molecule has 13 heavy (non-hydrogen) atoms. The number of pyridine rings is 1. The lowest BCUT2D eigenvalue weighted by molar-refractivity contribution is 1.14. The molecule has 2 aromatic rings. The monoisotopic (exact) mass is 190 g/mol. The lowest BCUT2D eigenvalue weighted by atomic mass is 10.4. The van der Waals surface area contributed by atoms with E-state index in [2.05, 4.69) is 27.8 Å². The van der Waals surface area contributed by atoms with Gasteiger partial charge in [0.2, 0.25) is 0 Å². The van der Waals surface area contributed by atoms with Crippen molar-refractivity contribution in [3.8, 4) is 0 Å². The fourth-order valence-electron chi connectivity index (χ4n) is 1.06. The van der Waals surface area contributed by atoms with Crippen LogP contribution < -0.4 is 5.32 Å². The fraction of sp³-hybridized carbons (Fsp3) is 0.100. The standard InChI is InChI=1S/C10H10N2S/c1-2-6-11-10(5-1)12-8-9-4-3-7-13-9/h1-7H,8H2,(H,11,12). The molecular weight excluding hydrogens is 180 g/mol. The van der Waals surface area contributed by atoms with Gasteiger partial charge in [0.25, 0.3) is 0 Å². The number of nitrogens with one attached hydrogen (secondary N) is 1. The molecule has 0 saturated carbocycles. The predicted octanol–water partition coefficient (Wildman–Crippen LogP) is 2.76. The number of hydrogen-bond donors (Lipinski definition) is 1. The Bertz CT molecular complexity index is 342. The number of hydrogen-bond acceptors (Lipinski definition) is 3. The van der Waals surface area contributed by atoms with E-state index in [1.165, 1.54) is 4.88 Å². The Hall–Kier alpha value is -1.35. The molecule has 0 atom stereocenters. The van der Waals surface area contributed by atoms with Gasteiger partial charge in [-0.2, -0.15) is 0 Å². The Labute approximate surface area is 81.3 Å². The van der Waals surface area contributed by atoms with Crippen LogP contribution in [-0.2, 0) is 6.54 Å². The van der Waals surface area contributed by atoms with Crippen molar-refractivity contribution in [3.63, 3.8) is 0 Å². The zero-order chi connectivity index (χ0) is 8.93. The van der Waals surface area contributed by atoms with Crippen molar-refractivity contribution in [2.24, 2.45) is 0 Å². The molecule has 66 valence electrons. The third-order valence-electron chi connectivity index (χ3n) is 1.69. The summed E-state index contributed by atoms with van der Waals surface area (Å²) in [6.45, 7) is 0.856. The Kier molecular flexibility index (Phi) is 2.57. The van der Waals surface area contributed by atoms with E-state index < -0.39 is 0 Å². The van der Waals surface area contributed by atoms with Crippen molar-refractivity contribution >= 4 is 17.2 Å². The summed E-state index contributed by atoms with van der Waals surface area (Å²) in [6.07, 6.45) is 1.79. The van der Waals surface area contributed by atoms with Crippen molar-refractivity contribution in [3.05, 3.63) is 46.8 Å². The van der Waals surface area contributed by atoms with Gasteiger partial charge in [-0.25, -0.2) is 4.98 Å². The maximum absolute atomic E-state index is 4.17. The Balaban J connectivity index is 1.94. The highest BCUT2D eigenvalue weighted by atomic mass is 32.1. The molecule has 0 aliphatic rings. The summed E-state index contributed by atoms with van der Waals surface area (Å²) in [5.41, 5.74) is 0. The first-order chi connectivity index (χ1) is 6.45. The van der Waals surface area contributed by atoms with Crippen LogP contribution in [-0.4, -0.2) is 4.98 Å². The molecule has 0 unspecified atom stereocenters. The Morgan fingerprint density at radius 2 is 2.23 bits per heavy atom. The molecule has 0 amide bonds. The van der Waals surface area contributed by atoms with Gasteiger partial charge in [-0.1, -0.05) is 12.1 Å². The van der Waals surface area contributed by atoms with E-state index in [0.717, 1.165) is 12.4 Å². The highest BCUT2D eigenvalue weighted by Crippen LogP contribution is 2.10. The number of rotatable bonds is 3. The number of nitrogens with zero attached hydrogens (tertiary/aromatic N) is 1. The summed E-state index contributed by atoms with van der Waals surface area (Å²) in [5.74, 6) is 0.927. The van der Waals surface area contributed by atoms with Crippen molar-refractivity contribution in [1.82, 2.24) is 4.98 Å². The summed E-state index contributed by atoms with van der Waals surface area (Å²) in [6, 6.07) is 10.0. The van der Waals surface area contributed by atoms with Gasteiger partial charge in [-0.15, -0.1) is 11.3 Å². The van der Waals surface area contributed by atoms with E-state index in [9.17, 15) is 0 Å². The van der Waals surface area contributed by atoms with E-state index >= 15 is 0 Å². The Morgan fingerprint density at radius 3 is 2.92 bits per heavy atom. The average molecular weight is 190 g/mol. The maximum atomic E-state index is 4.17. The van der Waals surface area contributed by atoms with Gasteiger partial charge in [0.05, 0.1) is 6.54 Å². The second kappa shape index (κ2) is 4.05. The summed E-state index contributed by atoms with van der Waals surface area (Å²) in [5, 5.41) is 5.33. The summed E-state index contributed by atoms with van der Waals surface area (Å²) in [7, 11) is 0. The lowest BCUT2D eigenvalue weighted by Gasteiger charge is -2.01. The zero-order valence-corrected chi connectivity index (χ0v) is 7.92. The van der Waals surface area contributed by atoms with Gasteiger partial charge < -0.3 is 5.32 Å². The smallest absolute Gasteiger partial charge is 0.126 e. The minimum atomic E-state index is 0.856. The molecule has 3 heteroatoms. The topological polar surface area (TPSA) is 24.9 Å². The van der Waals surface area contributed by atoms with Crippen molar-refractivity contribution in [2.45, 2.75) is 6.54 Å². The third-order valence-corrected chi connectivity index (χ3v) is 2.57. The number of thiophene rings is 1. The lowest BCUT2D eigenvalue weighted by Crippen LogP contribution is -1.98. The zero-order valence-electron chi connectivity index (χ0n) is 7.10. The van der Waals surface area contributed by atoms with Crippen LogP contribution in [0, 0.1) is 0 Å². The van der Waals surface area contributed by atoms with Crippen LogP contribution >= 0.6 is 11.3 Å². The third kappa shape index (κ3) is 2.29. The van der Waals surface area contributed by atoms with Gasteiger partial charge in [-0.3, -0.25) is 0 Å². The number of aromatic nitrogens is 1. The minimum Gasteiger partial charge on any atom is -0.365 e. The van der Waals surface area contributed by atoms with Crippen molar-refractivity contribution in [2.75, 3.05) is 5.32 Å². The van der Waals surface area contributed by atoms with E-state index in [1.54, 1.807) is 17.5 Å². The molecule has 0 radical (unpaired) electrons. The van der Waals surface area contributed by atoms with Gasteiger partial charge >= 0.3 is 0 Å². The molecule has 2 heterocycles. The molecule has 0 spiro atoms. The SMILES string of the molecule is c1ccc(NCc2cccs2)nc1. The fourth-order valence-corrected chi connectivity index (χ4v) is 1.70. The largest absolute Gasteiger partial charge is 0.365 e. The summed E-state index contributed by atoms with van der Waals surface area (Å²) in [4.78, 5) is 5.50. The first-order valence-corrected chi connectivity index (χ1v) is 5.00. The summed E-state index contributed by atoms with van der Waals surface area (Å²) >= 11 is 1.75. The molecule has 2 rings (SSSR count). The van der Waals surface area contributed by atoms with Crippen LogP contribution in [0.3, 0.4) is 0 Å². The van der Waals surface area contributed by atoms with Gasteiger partial charge in [0.15, 0.2) is 0 Å². The predicted molar refractivity (Wildman–Crippen MR) is 55.9 cm³/mol. The van der Waals surface area contributed by atoms with E-state index in [4.69, 9.17) is 0 Å². The quantitative estimate of drug-likeness (QED) is 0.805. The first-order valence-electron chi connectivity index (χ1n) is 4.12. The van der Waals surface area contributed by atoms with Crippen LogP contribution in [0.4, 0.5) is 5.82 Å². The molecule has 0 saturated heterocycles. The molecule has 0 aromatic carbocycles.